The van der Waals surface area contributed by atoms with Crippen molar-refractivity contribution in [1.29, 1.82) is 0 Å². The zero-order valence-electron chi connectivity index (χ0n) is 13.3. The SMILES string of the molecule is CN(Cc1nc(-c2ccncc2)no1)C(=O)[C@@H](O)c1cccc(Cl)c1. The third kappa shape index (κ3) is 4.01. The molecule has 1 atom stereocenters. The number of hydrogen-bond acceptors (Lipinski definition) is 6. The van der Waals surface area contributed by atoms with Gasteiger partial charge in [-0.05, 0) is 29.8 Å². The van der Waals surface area contributed by atoms with Crippen LogP contribution in [0.5, 0.6) is 0 Å². The lowest BCUT2D eigenvalue weighted by molar-refractivity contribution is -0.140. The fraction of sp³-hybridized carbons (Fsp3) is 0.176. The van der Waals surface area contributed by atoms with Gasteiger partial charge in [-0.2, -0.15) is 4.98 Å². The molecule has 0 spiro atoms. The molecule has 0 aliphatic carbocycles. The Morgan fingerprint density at radius 3 is 2.80 bits per heavy atom. The Hall–Kier alpha value is -2.77. The minimum Gasteiger partial charge on any atom is -0.378 e. The molecule has 0 radical (unpaired) electrons. The molecule has 1 aromatic carbocycles. The third-order valence-electron chi connectivity index (χ3n) is 3.55. The Bertz CT molecular complexity index is 869. The Morgan fingerprint density at radius 2 is 2.08 bits per heavy atom. The van der Waals surface area contributed by atoms with Crippen molar-refractivity contribution >= 4 is 17.5 Å². The van der Waals surface area contributed by atoms with Crippen molar-refractivity contribution in [3.8, 4) is 11.4 Å². The standard InChI is InChI=1S/C17H15ClN4O3/c1-22(17(24)15(23)12-3-2-4-13(18)9-12)10-14-20-16(21-25-14)11-5-7-19-8-6-11/h2-9,15,23H,10H2,1H3/t15-/m0/s1. The maximum absolute atomic E-state index is 12.4. The zero-order valence-corrected chi connectivity index (χ0v) is 14.1. The van der Waals surface area contributed by atoms with Crippen LogP contribution in [-0.2, 0) is 11.3 Å². The van der Waals surface area contributed by atoms with E-state index in [1.807, 2.05) is 0 Å². The van der Waals surface area contributed by atoms with Gasteiger partial charge in [0.25, 0.3) is 5.91 Å². The molecule has 3 rings (SSSR count). The van der Waals surface area contributed by atoms with Crippen LogP contribution in [0.1, 0.15) is 17.6 Å². The number of aromatic nitrogens is 3. The zero-order chi connectivity index (χ0) is 17.8. The van der Waals surface area contributed by atoms with Gasteiger partial charge >= 0.3 is 0 Å². The summed E-state index contributed by atoms with van der Waals surface area (Å²) in [4.78, 5) is 21.9. The summed E-state index contributed by atoms with van der Waals surface area (Å²) in [6.07, 6.45) is 1.94. The lowest BCUT2D eigenvalue weighted by atomic mass is 10.1. The number of benzene rings is 1. The highest BCUT2D eigenvalue weighted by molar-refractivity contribution is 6.30. The van der Waals surface area contributed by atoms with Crippen molar-refractivity contribution in [2.45, 2.75) is 12.6 Å². The Labute approximate surface area is 148 Å². The normalized spacial score (nSPS) is 12.0. The monoisotopic (exact) mass is 358 g/mol. The fourth-order valence-corrected chi connectivity index (χ4v) is 2.44. The first-order valence-electron chi connectivity index (χ1n) is 7.46. The van der Waals surface area contributed by atoms with Crippen LogP contribution >= 0.6 is 11.6 Å². The molecule has 1 N–H and O–H groups in total. The molecule has 0 bridgehead atoms. The van der Waals surface area contributed by atoms with E-state index in [-0.39, 0.29) is 12.4 Å². The molecule has 8 heteroatoms. The lowest BCUT2D eigenvalue weighted by Gasteiger charge is -2.19. The van der Waals surface area contributed by atoms with E-state index in [9.17, 15) is 9.90 Å². The van der Waals surface area contributed by atoms with Gasteiger partial charge in [-0.15, -0.1) is 0 Å². The van der Waals surface area contributed by atoms with Gasteiger partial charge in [0.2, 0.25) is 11.7 Å². The summed E-state index contributed by atoms with van der Waals surface area (Å²) in [6.45, 7) is 0.0779. The minimum atomic E-state index is -1.31. The molecule has 1 amide bonds. The summed E-state index contributed by atoms with van der Waals surface area (Å²) in [5.74, 6) is 0.181. The number of nitrogens with zero attached hydrogens (tertiary/aromatic N) is 4. The largest absolute Gasteiger partial charge is 0.378 e. The smallest absolute Gasteiger partial charge is 0.256 e. The van der Waals surface area contributed by atoms with Gasteiger partial charge in [-0.25, -0.2) is 0 Å². The molecular weight excluding hydrogens is 344 g/mol. The van der Waals surface area contributed by atoms with Gasteiger partial charge in [0.1, 0.15) is 0 Å². The second kappa shape index (κ2) is 7.42. The molecule has 0 saturated heterocycles. The van der Waals surface area contributed by atoms with Crippen molar-refractivity contribution in [3.63, 3.8) is 0 Å². The predicted octanol–water partition coefficient (Wildman–Crippen LogP) is 2.48. The van der Waals surface area contributed by atoms with Crippen molar-refractivity contribution in [2.75, 3.05) is 7.05 Å². The van der Waals surface area contributed by atoms with E-state index in [1.165, 1.54) is 4.90 Å². The molecule has 128 valence electrons. The molecule has 0 aliphatic rings. The van der Waals surface area contributed by atoms with E-state index in [0.29, 0.717) is 16.4 Å². The van der Waals surface area contributed by atoms with E-state index in [4.69, 9.17) is 16.1 Å². The van der Waals surface area contributed by atoms with Crippen LogP contribution < -0.4 is 0 Å². The van der Waals surface area contributed by atoms with Crippen LogP contribution in [0.4, 0.5) is 0 Å². The van der Waals surface area contributed by atoms with Gasteiger partial charge < -0.3 is 14.5 Å². The molecule has 7 nitrogen and oxygen atoms in total. The van der Waals surface area contributed by atoms with Crippen molar-refractivity contribution in [1.82, 2.24) is 20.0 Å². The number of rotatable bonds is 5. The van der Waals surface area contributed by atoms with Gasteiger partial charge in [-0.1, -0.05) is 28.9 Å². The van der Waals surface area contributed by atoms with E-state index >= 15 is 0 Å². The van der Waals surface area contributed by atoms with E-state index < -0.39 is 12.0 Å². The van der Waals surface area contributed by atoms with Gasteiger partial charge in [-0.3, -0.25) is 9.78 Å². The van der Waals surface area contributed by atoms with Crippen LogP contribution in [0.2, 0.25) is 5.02 Å². The number of likely N-dealkylation sites (N-methyl/N-ethyl adjacent to an activating group) is 1. The summed E-state index contributed by atoms with van der Waals surface area (Å²) in [5, 5.41) is 14.6. The number of carbonyl (C=O) groups excluding carboxylic acids is 1. The second-order valence-electron chi connectivity index (χ2n) is 5.40. The first-order chi connectivity index (χ1) is 12.0. The van der Waals surface area contributed by atoms with Crippen LogP contribution in [0.15, 0.2) is 53.3 Å². The second-order valence-corrected chi connectivity index (χ2v) is 5.84. The average Bonchev–Trinajstić information content (AvgIpc) is 3.09. The third-order valence-corrected chi connectivity index (χ3v) is 3.79. The number of pyridine rings is 1. The number of carbonyl (C=O) groups is 1. The molecule has 0 fully saturated rings. The van der Waals surface area contributed by atoms with Crippen LogP contribution in [-0.4, -0.2) is 38.1 Å². The quantitative estimate of drug-likeness (QED) is 0.753. The van der Waals surface area contributed by atoms with Crippen molar-refractivity contribution in [3.05, 3.63) is 65.3 Å². The molecule has 2 heterocycles. The molecule has 0 aliphatic heterocycles. The summed E-state index contributed by atoms with van der Waals surface area (Å²) in [5.41, 5.74) is 1.19. The van der Waals surface area contributed by atoms with E-state index in [1.54, 1.807) is 55.8 Å². The highest BCUT2D eigenvalue weighted by atomic mass is 35.5. The summed E-state index contributed by atoms with van der Waals surface area (Å²) in [6, 6.07) is 10.0. The topological polar surface area (TPSA) is 92.4 Å². The van der Waals surface area contributed by atoms with Crippen LogP contribution in [0.25, 0.3) is 11.4 Å². The highest BCUT2D eigenvalue weighted by Gasteiger charge is 2.23. The van der Waals surface area contributed by atoms with Crippen LogP contribution in [0, 0.1) is 0 Å². The highest BCUT2D eigenvalue weighted by Crippen LogP contribution is 2.20. The maximum Gasteiger partial charge on any atom is 0.256 e. The first-order valence-corrected chi connectivity index (χ1v) is 7.84. The van der Waals surface area contributed by atoms with Crippen LogP contribution in [0.3, 0.4) is 0 Å². The molecule has 2 aromatic heterocycles. The number of hydrogen-bond donors (Lipinski definition) is 1. The van der Waals surface area contributed by atoms with Gasteiger partial charge in [0.05, 0.1) is 6.54 Å². The lowest BCUT2D eigenvalue weighted by Crippen LogP contribution is -2.31. The van der Waals surface area contributed by atoms with Crippen molar-refractivity contribution < 1.29 is 14.4 Å². The van der Waals surface area contributed by atoms with E-state index in [2.05, 4.69) is 15.1 Å². The number of aliphatic hydroxyl groups excluding tert-OH is 1. The van der Waals surface area contributed by atoms with E-state index in [0.717, 1.165) is 5.56 Å². The summed E-state index contributed by atoms with van der Waals surface area (Å²) < 4.78 is 5.17. The first kappa shape index (κ1) is 17.1. The Kier molecular flexibility index (Phi) is 5.06. The molecule has 25 heavy (non-hydrogen) atoms. The van der Waals surface area contributed by atoms with Gasteiger partial charge in [0, 0.05) is 30.0 Å². The number of halogens is 1. The molecule has 0 saturated carbocycles. The fourth-order valence-electron chi connectivity index (χ4n) is 2.25. The predicted molar refractivity (Wildman–Crippen MR) is 90.4 cm³/mol. The molecule has 3 aromatic rings. The Balaban J connectivity index is 1.68. The average molecular weight is 359 g/mol. The molecule has 0 unspecified atom stereocenters. The maximum atomic E-state index is 12.4. The van der Waals surface area contributed by atoms with Crippen molar-refractivity contribution in [2.24, 2.45) is 0 Å². The van der Waals surface area contributed by atoms with Gasteiger partial charge in [0.15, 0.2) is 6.10 Å². The summed E-state index contributed by atoms with van der Waals surface area (Å²) >= 11 is 5.89. The number of amides is 1. The Morgan fingerprint density at radius 1 is 1.32 bits per heavy atom. The number of aliphatic hydroxyl groups is 1. The molecular formula is C17H15ClN4O3. The minimum absolute atomic E-state index is 0.0779. The summed E-state index contributed by atoms with van der Waals surface area (Å²) in [7, 11) is 1.55.